The summed E-state index contributed by atoms with van der Waals surface area (Å²) in [5.74, 6) is -0.329. The first-order chi connectivity index (χ1) is 5.69. The first kappa shape index (κ1) is 9.19. The molecule has 0 fully saturated rings. The number of carbonyl (C=O) groups is 1. The van der Waals surface area contributed by atoms with E-state index in [0.717, 1.165) is 0 Å². The van der Waals surface area contributed by atoms with Gasteiger partial charge in [0.1, 0.15) is 0 Å². The molecule has 0 aromatic heterocycles. The predicted molar refractivity (Wildman–Crippen MR) is 49.4 cm³/mol. The lowest BCUT2D eigenvalue weighted by atomic mass is 10.1. The predicted octanol–water partition coefficient (Wildman–Crippen LogP) is 1.02. The number of ether oxygens (including phenoxy) is 1. The van der Waals surface area contributed by atoms with E-state index in [1.54, 1.807) is 6.08 Å². The molecular weight excluding hydrogens is 174 g/mol. The molecule has 1 aliphatic rings. The molecule has 0 aromatic rings. The summed E-state index contributed by atoms with van der Waals surface area (Å²) < 4.78 is 4.57. The molecule has 1 rings (SSSR count). The molecule has 66 valence electrons. The van der Waals surface area contributed by atoms with Crippen LogP contribution in [0.1, 0.15) is 6.42 Å². The highest BCUT2D eigenvalue weighted by Gasteiger charge is 2.26. The van der Waals surface area contributed by atoms with Crippen LogP contribution in [-0.4, -0.2) is 18.3 Å². The van der Waals surface area contributed by atoms with E-state index >= 15 is 0 Å². The van der Waals surface area contributed by atoms with E-state index in [1.807, 2.05) is 0 Å². The first-order valence-electron chi connectivity index (χ1n) is 3.55. The van der Waals surface area contributed by atoms with E-state index in [2.05, 4.69) is 11.3 Å². The lowest BCUT2D eigenvalue weighted by molar-refractivity contribution is -0.136. The standard InChI is InChI=1S/C8H11NO2S/c1-3-5-4-6(7(9)12-5)8(10)11-2/h3,5H,1,4,9H2,2H3. The average molecular weight is 185 g/mol. The fourth-order valence-electron chi connectivity index (χ4n) is 1.02. The number of thioether (sulfide) groups is 1. The molecule has 3 nitrogen and oxygen atoms in total. The Kier molecular flexibility index (Phi) is 2.81. The number of rotatable bonds is 2. The number of hydrogen-bond donors (Lipinski definition) is 1. The second kappa shape index (κ2) is 3.67. The van der Waals surface area contributed by atoms with Crippen molar-refractivity contribution in [3.63, 3.8) is 0 Å². The number of esters is 1. The van der Waals surface area contributed by atoms with Crippen molar-refractivity contribution in [2.45, 2.75) is 11.7 Å². The van der Waals surface area contributed by atoms with Crippen molar-refractivity contribution in [3.05, 3.63) is 23.3 Å². The lowest BCUT2D eigenvalue weighted by Crippen LogP contribution is -2.07. The topological polar surface area (TPSA) is 52.3 Å². The SMILES string of the molecule is C=CC1CC(C(=O)OC)=C(N)S1. The third-order valence-corrected chi connectivity index (χ3v) is 2.84. The summed E-state index contributed by atoms with van der Waals surface area (Å²) in [6.45, 7) is 3.64. The lowest BCUT2D eigenvalue weighted by Gasteiger charge is -1.99. The van der Waals surface area contributed by atoms with Crippen LogP contribution in [0.15, 0.2) is 23.3 Å². The monoisotopic (exact) mass is 185 g/mol. The molecule has 0 radical (unpaired) electrons. The Hall–Kier alpha value is -0.900. The maximum Gasteiger partial charge on any atom is 0.336 e. The van der Waals surface area contributed by atoms with Crippen molar-refractivity contribution in [1.82, 2.24) is 0 Å². The highest BCUT2D eigenvalue weighted by Crippen LogP contribution is 2.35. The third kappa shape index (κ3) is 1.64. The summed E-state index contributed by atoms with van der Waals surface area (Å²) in [5.41, 5.74) is 6.19. The Labute approximate surface area is 75.6 Å². The molecular formula is C8H11NO2S. The zero-order chi connectivity index (χ0) is 9.14. The highest BCUT2D eigenvalue weighted by atomic mass is 32.2. The Morgan fingerprint density at radius 1 is 1.92 bits per heavy atom. The fourth-order valence-corrected chi connectivity index (χ4v) is 2.00. The van der Waals surface area contributed by atoms with E-state index in [-0.39, 0.29) is 11.2 Å². The molecule has 2 N–H and O–H groups in total. The maximum absolute atomic E-state index is 11.1. The van der Waals surface area contributed by atoms with Crippen molar-refractivity contribution >= 4 is 17.7 Å². The quantitative estimate of drug-likeness (QED) is 0.515. The van der Waals surface area contributed by atoms with E-state index < -0.39 is 0 Å². The average Bonchev–Trinajstić information content (AvgIpc) is 2.45. The third-order valence-electron chi connectivity index (χ3n) is 1.68. The minimum absolute atomic E-state index is 0.221. The maximum atomic E-state index is 11.1. The molecule has 0 amide bonds. The van der Waals surface area contributed by atoms with E-state index in [0.29, 0.717) is 17.0 Å². The van der Waals surface area contributed by atoms with E-state index in [4.69, 9.17) is 5.73 Å². The van der Waals surface area contributed by atoms with Crippen molar-refractivity contribution < 1.29 is 9.53 Å². The molecule has 0 spiro atoms. The van der Waals surface area contributed by atoms with Crippen molar-refractivity contribution in [2.75, 3.05) is 7.11 Å². The summed E-state index contributed by atoms with van der Waals surface area (Å²) in [6.07, 6.45) is 2.42. The normalized spacial score (nSPS) is 22.6. The zero-order valence-corrected chi connectivity index (χ0v) is 7.69. The van der Waals surface area contributed by atoms with Crippen LogP contribution in [0.3, 0.4) is 0 Å². The minimum Gasteiger partial charge on any atom is -0.466 e. The second-order valence-corrected chi connectivity index (χ2v) is 3.71. The van der Waals surface area contributed by atoms with Crippen LogP contribution in [-0.2, 0) is 9.53 Å². The molecule has 12 heavy (non-hydrogen) atoms. The summed E-state index contributed by atoms with van der Waals surface area (Å²) in [4.78, 5) is 11.1. The molecule has 4 heteroatoms. The highest BCUT2D eigenvalue weighted by molar-refractivity contribution is 8.04. The number of methoxy groups -OCH3 is 1. The minimum atomic E-state index is -0.329. The van der Waals surface area contributed by atoms with E-state index in [1.165, 1.54) is 18.9 Å². The Morgan fingerprint density at radius 3 is 3.00 bits per heavy atom. The summed E-state index contributed by atoms with van der Waals surface area (Å²) >= 11 is 1.46. The van der Waals surface area contributed by atoms with Crippen molar-refractivity contribution in [1.29, 1.82) is 0 Å². The van der Waals surface area contributed by atoms with Gasteiger partial charge in [0.2, 0.25) is 0 Å². The van der Waals surface area contributed by atoms with Gasteiger partial charge in [0.05, 0.1) is 17.7 Å². The van der Waals surface area contributed by atoms with Crippen molar-refractivity contribution in [3.8, 4) is 0 Å². The van der Waals surface area contributed by atoms with Gasteiger partial charge in [0.15, 0.2) is 0 Å². The largest absolute Gasteiger partial charge is 0.466 e. The van der Waals surface area contributed by atoms with Crippen molar-refractivity contribution in [2.24, 2.45) is 5.73 Å². The van der Waals surface area contributed by atoms with Crippen LogP contribution in [0, 0.1) is 0 Å². The number of carbonyl (C=O) groups excluding carboxylic acids is 1. The van der Waals surface area contributed by atoms with Gasteiger partial charge < -0.3 is 10.5 Å². The van der Waals surface area contributed by atoms with Crippen LogP contribution in [0.25, 0.3) is 0 Å². The molecule has 0 aromatic carbocycles. The van der Waals surface area contributed by atoms with E-state index in [9.17, 15) is 4.79 Å². The van der Waals surface area contributed by atoms with Gasteiger partial charge in [-0.05, 0) is 6.42 Å². The smallest absolute Gasteiger partial charge is 0.336 e. The van der Waals surface area contributed by atoms with Crippen LogP contribution in [0.5, 0.6) is 0 Å². The Bertz CT molecular complexity index is 247. The summed E-state index contributed by atoms with van der Waals surface area (Å²) in [5, 5.41) is 0.783. The molecule has 1 atom stereocenters. The van der Waals surface area contributed by atoms with Gasteiger partial charge >= 0.3 is 5.97 Å². The van der Waals surface area contributed by atoms with Gasteiger partial charge in [0, 0.05) is 5.25 Å². The molecule has 1 unspecified atom stereocenters. The van der Waals surface area contributed by atoms with Gasteiger partial charge in [-0.3, -0.25) is 0 Å². The number of nitrogens with two attached hydrogens (primary N) is 1. The first-order valence-corrected chi connectivity index (χ1v) is 4.43. The molecule has 1 aliphatic heterocycles. The number of hydrogen-bond acceptors (Lipinski definition) is 4. The van der Waals surface area contributed by atoms with Gasteiger partial charge in [-0.2, -0.15) is 0 Å². The van der Waals surface area contributed by atoms with Gasteiger partial charge in [-0.1, -0.05) is 6.08 Å². The summed E-state index contributed by atoms with van der Waals surface area (Å²) in [7, 11) is 1.36. The Morgan fingerprint density at radius 2 is 2.58 bits per heavy atom. The van der Waals surface area contributed by atoms with Crippen LogP contribution >= 0.6 is 11.8 Å². The molecule has 0 saturated carbocycles. The van der Waals surface area contributed by atoms with Crippen LogP contribution in [0.2, 0.25) is 0 Å². The van der Waals surface area contributed by atoms with Gasteiger partial charge in [-0.15, -0.1) is 18.3 Å². The molecule has 1 heterocycles. The summed E-state index contributed by atoms with van der Waals surface area (Å²) in [6, 6.07) is 0. The zero-order valence-electron chi connectivity index (χ0n) is 6.87. The van der Waals surface area contributed by atoms with Crippen LogP contribution in [0.4, 0.5) is 0 Å². The van der Waals surface area contributed by atoms with Gasteiger partial charge in [-0.25, -0.2) is 4.79 Å². The molecule has 0 saturated heterocycles. The fraction of sp³-hybridized carbons (Fsp3) is 0.375. The van der Waals surface area contributed by atoms with Gasteiger partial charge in [0.25, 0.3) is 0 Å². The van der Waals surface area contributed by atoms with Crippen LogP contribution < -0.4 is 5.73 Å². The Balaban J connectivity index is 2.72. The second-order valence-electron chi connectivity index (χ2n) is 2.43. The molecule has 0 aliphatic carbocycles. The molecule has 0 bridgehead atoms.